The zero-order valence-corrected chi connectivity index (χ0v) is 13.7. The predicted octanol–water partition coefficient (Wildman–Crippen LogP) is 4.06. The summed E-state index contributed by atoms with van der Waals surface area (Å²) in [7, 11) is 0. The van der Waals surface area contributed by atoms with Gasteiger partial charge in [-0.3, -0.25) is 9.78 Å². The van der Waals surface area contributed by atoms with Crippen LogP contribution in [0.5, 0.6) is 0 Å². The first kappa shape index (κ1) is 16.3. The first-order valence-corrected chi connectivity index (χ1v) is 8.51. The molecule has 0 fully saturated rings. The van der Waals surface area contributed by atoms with Crippen LogP contribution in [0, 0.1) is 5.82 Å². The van der Waals surface area contributed by atoms with Crippen LogP contribution in [0.15, 0.2) is 70.3 Å². The summed E-state index contributed by atoms with van der Waals surface area (Å²) >= 11 is 1.42. The van der Waals surface area contributed by atoms with Crippen molar-refractivity contribution in [2.45, 2.75) is 11.1 Å². The molecule has 2 aromatic heterocycles. The molecule has 6 heteroatoms. The van der Waals surface area contributed by atoms with Gasteiger partial charge in [0.2, 0.25) is 0 Å². The Bertz CT molecular complexity index is 819. The SMILES string of the molecule is CSc1ccc(C(=O)NC(c2ccc(F)cc2)c2ccccn2)o1. The number of carbonyl (C=O) groups excluding carboxylic acids is 1. The molecule has 0 saturated carbocycles. The Hall–Kier alpha value is -2.60. The van der Waals surface area contributed by atoms with Crippen LogP contribution in [0.25, 0.3) is 0 Å². The summed E-state index contributed by atoms with van der Waals surface area (Å²) in [5.74, 6) is -0.460. The number of thioether (sulfide) groups is 1. The number of halogens is 1. The molecule has 4 nitrogen and oxygen atoms in total. The number of amides is 1. The van der Waals surface area contributed by atoms with Crippen molar-refractivity contribution in [1.82, 2.24) is 10.3 Å². The van der Waals surface area contributed by atoms with Gasteiger partial charge in [0.25, 0.3) is 5.91 Å². The largest absolute Gasteiger partial charge is 0.445 e. The molecule has 24 heavy (non-hydrogen) atoms. The van der Waals surface area contributed by atoms with Gasteiger partial charge in [-0.1, -0.05) is 30.0 Å². The fraction of sp³-hybridized carbons (Fsp3) is 0.111. The molecule has 0 aliphatic rings. The molecule has 0 bridgehead atoms. The van der Waals surface area contributed by atoms with Gasteiger partial charge < -0.3 is 9.73 Å². The predicted molar refractivity (Wildman–Crippen MR) is 90.4 cm³/mol. The molecule has 122 valence electrons. The maximum atomic E-state index is 13.2. The van der Waals surface area contributed by atoms with Crippen molar-refractivity contribution in [3.63, 3.8) is 0 Å². The molecule has 0 saturated heterocycles. The van der Waals surface area contributed by atoms with Crippen LogP contribution >= 0.6 is 11.8 Å². The van der Waals surface area contributed by atoms with Crippen molar-refractivity contribution in [2.24, 2.45) is 0 Å². The maximum Gasteiger partial charge on any atom is 0.287 e. The molecule has 0 aliphatic heterocycles. The highest BCUT2D eigenvalue weighted by Gasteiger charge is 2.21. The molecule has 3 rings (SSSR count). The van der Waals surface area contributed by atoms with Gasteiger partial charge in [-0.25, -0.2) is 4.39 Å². The molecule has 1 unspecified atom stereocenters. The van der Waals surface area contributed by atoms with E-state index in [4.69, 9.17) is 4.42 Å². The van der Waals surface area contributed by atoms with E-state index in [0.29, 0.717) is 10.8 Å². The summed E-state index contributed by atoms with van der Waals surface area (Å²) in [6.45, 7) is 0. The van der Waals surface area contributed by atoms with Crippen LogP contribution in [-0.4, -0.2) is 17.1 Å². The van der Waals surface area contributed by atoms with E-state index in [2.05, 4.69) is 10.3 Å². The Morgan fingerprint density at radius 2 is 1.96 bits per heavy atom. The van der Waals surface area contributed by atoms with E-state index < -0.39 is 6.04 Å². The van der Waals surface area contributed by atoms with Crippen LogP contribution in [0.4, 0.5) is 4.39 Å². The maximum absolute atomic E-state index is 13.2. The normalized spacial score (nSPS) is 11.9. The first-order chi connectivity index (χ1) is 11.7. The van der Waals surface area contributed by atoms with Gasteiger partial charge in [-0.15, -0.1) is 0 Å². The van der Waals surface area contributed by atoms with E-state index >= 15 is 0 Å². The van der Waals surface area contributed by atoms with E-state index in [9.17, 15) is 9.18 Å². The highest BCUT2D eigenvalue weighted by Crippen LogP contribution is 2.23. The molecular weight excluding hydrogens is 327 g/mol. The zero-order chi connectivity index (χ0) is 16.9. The number of pyridine rings is 1. The van der Waals surface area contributed by atoms with E-state index in [1.807, 2.05) is 18.4 Å². The smallest absolute Gasteiger partial charge is 0.287 e. The Morgan fingerprint density at radius 3 is 2.58 bits per heavy atom. The Kier molecular flexibility index (Phi) is 4.96. The van der Waals surface area contributed by atoms with E-state index in [0.717, 1.165) is 5.56 Å². The second kappa shape index (κ2) is 7.31. The van der Waals surface area contributed by atoms with Crippen LogP contribution < -0.4 is 5.32 Å². The molecule has 0 radical (unpaired) electrons. The van der Waals surface area contributed by atoms with Gasteiger partial charge in [0.15, 0.2) is 10.9 Å². The number of furan rings is 1. The summed E-state index contributed by atoms with van der Waals surface area (Å²) in [6.07, 6.45) is 3.52. The number of aromatic nitrogens is 1. The minimum absolute atomic E-state index is 0.224. The number of nitrogens with zero attached hydrogens (tertiary/aromatic N) is 1. The minimum Gasteiger partial charge on any atom is -0.445 e. The molecule has 1 atom stereocenters. The average molecular weight is 342 g/mol. The fourth-order valence-electron chi connectivity index (χ4n) is 2.28. The van der Waals surface area contributed by atoms with Gasteiger partial charge in [0.05, 0.1) is 11.7 Å². The van der Waals surface area contributed by atoms with E-state index in [1.54, 1.807) is 36.5 Å². The molecule has 3 aromatic rings. The molecule has 1 aromatic carbocycles. The van der Waals surface area contributed by atoms with Crippen LogP contribution in [-0.2, 0) is 0 Å². The van der Waals surface area contributed by atoms with E-state index in [-0.39, 0.29) is 17.5 Å². The van der Waals surface area contributed by atoms with Crippen molar-refractivity contribution in [2.75, 3.05) is 6.26 Å². The Balaban J connectivity index is 1.90. The number of hydrogen-bond acceptors (Lipinski definition) is 4. The van der Waals surface area contributed by atoms with Gasteiger partial charge in [0, 0.05) is 6.20 Å². The van der Waals surface area contributed by atoms with Gasteiger partial charge in [-0.2, -0.15) is 0 Å². The van der Waals surface area contributed by atoms with Crippen molar-refractivity contribution >= 4 is 17.7 Å². The second-order valence-corrected chi connectivity index (χ2v) is 5.85. The molecular formula is C18H15FN2O2S. The first-order valence-electron chi connectivity index (χ1n) is 7.28. The van der Waals surface area contributed by atoms with Crippen molar-refractivity contribution in [3.8, 4) is 0 Å². The molecule has 0 spiro atoms. The molecule has 2 heterocycles. The molecule has 1 amide bonds. The zero-order valence-electron chi connectivity index (χ0n) is 12.9. The topological polar surface area (TPSA) is 55.1 Å². The van der Waals surface area contributed by atoms with Crippen LogP contribution in [0.2, 0.25) is 0 Å². The quantitative estimate of drug-likeness (QED) is 0.711. The fourth-order valence-corrected chi connectivity index (χ4v) is 2.66. The summed E-state index contributed by atoms with van der Waals surface area (Å²) in [6, 6.07) is 14.3. The van der Waals surface area contributed by atoms with Crippen LogP contribution in [0.1, 0.15) is 27.9 Å². The summed E-state index contributed by atoms with van der Waals surface area (Å²) in [5, 5.41) is 3.56. The Labute approximate surface area is 143 Å². The monoisotopic (exact) mass is 342 g/mol. The Morgan fingerprint density at radius 1 is 1.17 bits per heavy atom. The third-order valence-corrected chi connectivity index (χ3v) is 4.09. The molecule has 0 aliphatic carbocycles. The van der Waals surface area contributed by atoms with Gasteiger partial charge in [-0.05, 0) is 48.2 Å². The number of carbonyl (C=O) groups is 1. The number of benzene rings is 1. The highest BCUT2D eigenvalue weighted by atomic mass is 32.2. The average Bonchev–Trinajstić information content (AvgIpc) is 3.10. The van der Waals surface area contributed by atoms with Crippen molar-refractivity contribution in [1.29, 1.82) is 0 Å². The van der Waals surface area contributed by atoms with Crippen molar-refractivity contribution in [3.05, 3.63) is 83.6 Å². The summed E-state index contributed by atoms with van der Waals surface area (Å²) in [4.78, 5) is 16.8. The number of hydrogen-bond donors (Lipinski definition) is 1. The lowest BCUT2D eigenvalue weighted by atomic mass is 10.0. The van der Waals surface area contributed by atoms with E-state index in [1.165, 1.54) is 23.9 Å². The third kappa shape index (κ3) is 3.65. The lowest BCUT2D eigenvalue weighted by Gasteiger charge is -2.18. The molecule has 1 N–H and O–H groups in total. The van der Waals surface area contributed by atoms with Crippen LogP contribution in [0.3, 0.4) is 0 Å². The summed E-state index contributed by atoms with van der Waals surface area (Å²) in [5.41, 5.74) is 1.40. The summed E-state index contributed by atoms with van der Waals surface area (Å²) < 4.78 is 18.7. The number of nitrogens with one attached hydrogen (secondary N) is 1. The second-order valence-electron chi connectivity index (χ2n) is 5.04. The standard InChI is InChI=1S/C18H15FN2O2S/c1-24-16-10-9-15(23-16)18(22)21-17(14-4-2-3-11-20-14)12-5-7-13(19)8-6-12/h2-11,17H,1H3,(H,21,22). The lowest BCUT2D eigenvalue weighted by molar-refractivity contribution is 0.0909. The minimum atomic E-state index is -0.498. The van der Waals surface area contributed by atoms with Crippen molar-refractivity contribution < 1.29 is 13.6 Å². The number of rotatable bonds is 5. The van der Waals surface area contributed by atoms with Gasteiger partial charge >= 0.3 is 0 Å². The highest BCUT2D eigenvalue weighted by molar-refractivity contribution is 7.98. The lowest BCUT2D eigenvalue weighted by Crippen LogP contribution is -2.29. The van der Waals surface area contributed by atoms with Gasteiger partial charge in [0.1, 0.15) is 5.82 Å². The third-order valence-electron chi connectivity index (χ3n) is 3.47.